The highest BCUT2D eigenvalue weighted by Gasteiger charge is 2.16. The average Bonchev–Trinajstić information content (AvgIpc) is 2.58. The van der Waals surface area contributed by atoms with Crippen LogP contribution in [0, 0.1) is 6.92 Å². The summed E-state index contributed by atoms with van der Waals surface area (Å²) < 4.78 is 0. The topological polar surface area (TPSA) is 61.1 Å². The smallest absolute Gasteiger partial charge is 0.134 e. The number of aliphatic imine (C=N–C) groups is 1. The minimum atomic E-state index is 0.447. The van der Waals surface area contributed by atoms with Crippen molar-refractivity contribution in [1.29, 1.82) is 0 Å². The molecule has 2 aromatic carbocycles. The highest BCUT2D eigenvalue weighted by atomic mass is 15.2. The Hall–Kier alpha value is -2.58. The second-order valence-corrected chi connectivity index (χ2v) is 4.53. The Labute approximate surface area is 111 Å². The summed E-state index contributed by atoms with van der Waals surface area (Å²) in [5.41, 5.74) is 14.1. The van der Waals surface area contributed by atoms with Gasteiger partial charge in [-0.05, 0) is 40.3 Å². The lowest BCUT2D eigenvalue weighted by molar-refractivity contribution is 1.16. The number of azide groups is 1. The van der Waals surface area contributed by atoms with Gasteiger partial charge in [0.15, 0.2) is 0 Å². The maximum absolute atomic E-state index is 8.72. The molecule has 0 saturated heterocycles. The van der Waals surface area contributed by atoms with Crippen LogP contribution in [0.4, 0.5) is 5.69 Å². The van der Waals surface area contributed by atoms with Crippen molar-refractivity contribution in [3.63, 3.8) is 0 Å². The molecule has 0 N–H and O–H groups in total. The van der Waals surface area contributed by atoms with E-state index in [-0.39, 0.29) is 0 Å². The summed E-state index contributed by atoms with van der Waals surface area (Å²) in [6.45, 7) is 2.08. The lowest BCUT2D eigenvalue weighted by atomic mass is 9.97. The summed E-state index contributed by atoms with van der Waals surface area (Å²) in [4.78, 5) is 7.42. The van der Waals surface area contributed by atoms with Gasteiger partial charge in [0.05, 0.1) is 5.69 Å². The van der Waals surface area contributed by atoms with Crippen LogP contribution in [-0.2, 0) is 6.42 Å². The summed E-state index contributed by atoms with van der Waals surface area (Å²) in [7, 11) is 0. The zero-order valence-corrected chi connectivity index (χ0v) is 10.5. The highest BCUT2D eigenvalue weighted by molar-refractivity contribution is 6.03. The van der Waals surface area contributed by atoms with E-state index in [1.807, 2.05) is 30.3 Å². The summed E-state index contributed by atoms with van der Waals surface area (Å²) in [5, 5.41) is 3.74. The van der Waals surface area contributed by atoms with Gasteiger partial charge in [-0.3, -0.25) is 0 Å². The van der Waals surface area contributed by atoms with Gasteiger partial charge in [0.1, 0.15) is 5.84 Å². The van der Waals surface area contributed by atoms with E-state index in [0.717, 1.165) is 23.2 Å². The van der Waals surface area contributed by atoms with Crippen molar-refractivity contribution in [2.24, 2.45) is 10.1 Å². The summed E-state index contributed by atoms with van der Waals surface area (Å²) in [6.07, 6.45) is 0.812. The average molecular weight is 248 g/mol. The number of nitrogens with zero attached hydrogens (tertiary/aromatic N) is 4. The van der Waals surface area contributed by atoms with Crippen LogP contribution >= 0.6 is 0 Å². The molecule has 0 aliphatic carbocycles. The van der Waals surface area contributed by atoms with Gasteiger partial charge in [-0.1, -0.05) is 36.4 Å². The Morgan fingerprint density at radius 2 is 2.00 bits per heavy atom. The molecule has 0 amide bonds. The van der Waals surface area contributed by atoms with Crippen LogP contribution in [0.2, 0.25) is 0 Å². The second-order valence-electron chi connectivity index (χ2n) is 4.53. The lowest BCUT2D eigenvalue weighted by Crippen LogP contribution is -1.99. The van der Waals surface area contributed by atoms with Crippen LogP contribution < -0.4 is 0 Å². The fourth-order valence-corrected chi connectivity index (χ4v) is 2.40. The molecule has 0 saturated carbocycles. The van der Waals surface area contributed by atoms with Gasteiger partial charge in [-0.2, -0.15) is 0 Å². The van der Waals surface area contributed by atoms with E-state index in [0.29, 0.717) is 5.84 Å². The van der Waals surface area contributed by atoms with Gasteiger partial charge in [0, 0.05) is 16.9 Å². The summed E-state index contributed by atoms with van der Waals surface area (Å²) >= 11 is 0. The van der Waals surface area contributed by atoms with Gasteiger partial charge in [-0.25, -0.2) is 4.99 Å². The van der Waals surface area contributed by atoms with Gasteiger partial charge in [-0.15, -0.1) is 0 Å². The Bertz CT molecular complexity index is 725. The number of aryl methyl sites for hydroxylation is 1. The predicted molar refractivity (Wildman–Crippen MR) is 75.8 cm³/mol. The normalized spacial score (nSPS) is 12.6. The number of benzene rings is 2. The summed E-state index contributed by atoms with van der Waals surface area (Å²) in [6, 6.07) is 13.9. The Morgan fingerprint density at radius 1 is 1.16 bits per heavy atom. The van der Waals surface area contributed by atoms with E-state index in [1.54, 1.807) is 0 Å². The molecule has 1 aliphatic rings. The third kappa shape index (κ3) is 1.98. The van der Waals surface area contributed by atoms with E-state index in [2.05, 4.69) is 34.1 Å². The molecule has 0 bridgehead atoms. The first kappa shape index (κ1) is 11.5. The van der Waals surface area contributed by atoms with E-state index < -0.39 is 0 Å². The molecule has 0 unspecified atom stereocenters. The number of rotatable bonds is 0. The number of hydrogen-bond donors (Lipinski definition) is 0. The number of amidine groups is 1. The number of hydrogen-bond acceptors (Lipinski definition) is 2. The van der Waals surface area contributed by atoms with E-state index in [9.17, 15) is 0 Å². The standard InChI is InChI=1S/C15H12N4/c1-10-5-4-8-14-13(10)9-11-6-2-3-7-12(11)15(17-14)18-19-16/h2-8H,9H2,1H3. The summed E-state index contributed by atoms with van der Waals surface area (Å²) in [5.74, 6) is 0.447. The van der Waals surface area contributed by atoms with Crippen LogP contribution in [0.25, 0.3) is 10.4 Å². The SMILES string of the molecule is Cc1cccc2c1Cc1ccccc1C(N=[N+]=[N-])=N2. The lowest BCUT2D eigenvalue weighted by Gasteiger charge is -2.07. The predicted octanol–water partition coefficient (Wildman–Crippen LogP) is 4.29. The van der Waals surface area contributed by atoms with Crippen LogP contribution in [0.1, 0.15) is 22.3 Å². The minimum absolute atomic E-state index is 0.447. The third-order valence-electron chi connectivity index (χ3n) is 3.38. The van der Waals surface area contributed by atoms with E-state index in [1.165, 1.54) is 11.1 Å². The highest BCUT2D eigenvalue weighted by Crippen LogP contribution is 2.31. The molecule has 4 nitrogen and oxygen atoms in total. The van der Waals surface area contributed by atoms with Crippen molar-refractivity contribution in [3.05, 3.63) is 75.2 Å². The minimum Gasteiger partial charge on any atom is -0.246 e. The van der Waals surface area contributed by atoms with Crippen LogP contribution in [0.5, 0.6) is 0 Å². The molecule has 1 aliphatic heterocycles. The first-order chi connectivity index (χ1) is 9.29. The largest absolute Gasteiger partial charge is 0.246 e. The van der Waals surface area contributed by atoms with Gasteiger partial charge >= 0.3 is 0 Å². The molecule has 4 heteroatoms. The molecule has 0 spiro atoms. The molecule has 0 aromatic heterocycles. The van der Waals surface area contributed by atoms with Crippen LogP contribution in [0.15, 0.2) is 52.6 Å². The van der Waals surface area contributed by atoms with Crippen molar-refractivity contribution >= 4 is 11.5 Å². The van der Waals surface area contributed by atoms with Crippen LogP contribution in [-0.4, -0.2) is 5.84 Å². The Kier molecular flexibility index (Phi) is 2.78. The first-order valence-corrected chi connectivity index (χ1v) is 6.10. The van der Waals surface area contributed by atoms with E-state index >= 15 is 0 Å². The van der Waals surface area contributed by atoms with Crippen molar-refractivity contribution in [2.45, 2.75) is 13.3 Å². The molecular weight excluding hydrogens is 236 g/mol. The van der Waals surface area contributed by atoms with Gasteiger partial charge < -0.3 is 0 Å². The maximum Gasteiger partial charge on any atom is 0.134 e. The van der Waals surface area contributed by atoms with Crippen molar-refractivity contribution in [1.82, 2.24) is 0 Å². The molecule has 1 heterocycles. The van der Waals surface area contributed by atoms with Crippen molar-refractivity contribution < 1.29 is 0 Å². The fraction of sp³-hybridized carbons (Fsp3) is 0.133. The molecular formula is C15H12N4. The molecule has 2 aromatic rings. The Balaban J connectivity index is 2.31. The molecule has 0 fully saturated rings. The molecule has 92 valence electrons. The monoisotopic (exact) mass is 248 g/mol. The van der Waals surface area contributed by atoms with E-state index in [4.69, 9.17) is 5.53 Å². The molecule has 0 atom stereocenters. The van der Waals surface area contributed by atoms with Crippen LogP contribution in [0.3, 0.4) is 0 Å². The zero-order chi connectivity index (χ0) is 13.2. The Morgan fingerprint density at radius 3 is 2.84 bits per heavy atom. The van der Waals surface area contributed by atoms with Crippen molar-refractivity contribution in [2.75, 3.05) is 0 Å². The second kappa shape index (κ2) is 4.59. The van der Waals surface area contributed by atoms with Gasteiger partial charge in [0.25, 0.3) is 0 Å². The quantitative estimate of drug-likeness (QED) is 0.379. The molecule has 3 rings (SSSR count). The first-order valence-electron chi connectivity index (χ1n) is 6.10. The fourth-order valence-electron chi connectivity index (χ4n) is 2.40. The van der Waals surface area contributed by atoms with Crippen molar-refractivity contribution in [3.8, 4) is 0 Å². The van der Waals surface area contributed by atoms with Gasteiger partial charge in [0.2, 0.25) is 0 Å². The third-order valence-corrected chi connectivity index (χ3v) is 3.38. The zero-order valence-electron chi connectivity index (χ0n) is 10.5. The number of fused-ring (bicyclic) bond motifs is 2. The molecule has 0 radical (unpaired) electrons. The maximum atomic E-state index is 8.72. The molecule has 19 heavy (non-hydrogen) atoms.